The molecule has 0 saturated carbocycles. The highest BCUT2D eigenvalue weighted by atomic mass is 16.3. The molecular formula is C15H13NO3. The third kappa shape index (κ3) is 2.06. The van der Waals surface area contributed by atoms with Crippen LogP contribution in [0, 0.1) is 0 Å². The van der Waals surface area contributed by atoms with E-state index in [2.05, 4.69) is 5.32 Å². The predicted octanol–water partition coefficient (Wildman–Crippen LogP) is 2.31. The van der Waals surface area contributed by atoms with E-state index in [1.54, 1.807) is 12.1 Å². The Morgan fingerprint density at radius 1 is 1.11 bits per heavy atom. The van der Waals surface area contributed by atoms with Crippen LogP contribution in [0.2, 0.25) is 0 Å². The molecule has 1 aromatic heterocycles. The second kappa shape index (κ2) is 4.74. The van der Waals surface area contributed by atoms with Crippen LogP contribution in [0.1, 0.15) is 10.4 Å². The molecule has 19 heavy (non-hydrogen) atoms. The average Bonchev–Trinajstić information content (AvgIpc) is 2.82. The molecule has 3 rings (SSSR count). The molecule has 0 saturated heterocycles. The SMILES string of the molecule is O=C(NCCO)c1ccc2oc3ccccc3c2c1. The minimum atomic E-state index is -0.193. The molecule has 2 aromatic carbocycles. The minimum absolute atomic E-state index is 0.0668. The molecule has 0 unspecified atom stereocenters. The van der Waals surface area contributed by atoms with Crippen molar-refractivity contribution in [2.24, 2.45) is 0 Å². The van der Waals surface area contributed by atoms with Gasteiger partial charge in [-0.2, -0.15) is 0 Å². The molecule has 0 spiro atoms. The summed E-state index contributed by atoms with van der Waals surface area (Å²) in [5.41, 5.74) is 2.14. The summed E-state index contributed by atoms with van der Waals surface area (Å²) in [6.45, 7) is 0.186. The number of nitrogens with one attached hydrogen (secondary N) is 1. The number of carbonyl (C=O) groups is 1. The first kappa shape index (κ1) is 11.7. The summed E-state index contributed by atoms with van der Waals surface area (Å²) in [7, 11) is 0. The molecule has 0 atom stereocenters. The van der Waals surface area contributed by atoms with Gasteiger partial charge >= 0.3 is 0 Å². The van der Waals surface area contributed by atoms with E-state index in [0.29, 0.717) is 5.56 Å². The number of fused-ring (bicyclic) bond motifs is 3. The fourth-order valence-corrected chi connectivity index (χ4v) is 2.14. The van der Waals surface area contributed by atoms with Gasteiger partial charge in [0.15, 0.2) is 0 Å². The van der Waals surface area contributed by atoms with Crippen molar-refractivity contribution in [3.8, 4) is 0 Å². The van der Waals surface area contributed by atoms with Crippen LogP contribution >= 0.6 is 0 Å². The van der Waals surface area contributed by atoms with Gasteiger partial charge in [0.25, 0.3) is 5.91 Å². The molecule has 2 N–H and O–H groups in total. The lowest BCUT2D eigenvalue weighted by Crippen LogP contribution is -2.26. The van der Waals surface area contributed by atoms with E-state index >= 15 is 0 Å². The fourth-order valence-electron chi connectivity index (χ4n) is 2.14. The standard InChI is InChI=1S/C15H13NO3/c17-8-7-16-15(18)10-5-6-14-12(9-10)11-3-1-2-4-13(11)19-14/h1-6,9,17H,7-8H2,(H,16,18). The van der Waals surface area contributed by atoms with Gasteiger partial charge < -0.3 is 14.8 Å². The third-order valence-corrected chi connectivity index (χ3v) is 3.04. The first-order chi connectivity index (χ1) is 9.29. The van der Waals surface area contributed by atoms with Crippen molar-refractivity contribution in [3.63, 3.8) is 0 Å². The molecule has 0 bridgehead atoms. The van der Waals surface area contributed by atoms with Gasteiger partial charge in [-0.25, -0.2) is 0 Å². The number of hydrogen-bond donors (Lipinski definition) is 2. The monoisotopic (exact) mass is 255 g/mol. The molecule has 96 valence electrons. The normalized spacial score (nSPS) is 11.0. The van der Waals surface area contributed by atoms with E-state index in [0.717, 1.165) is 21.9 Å². The van der Waals surface area contributed by atoms with Gasteiger partial charge in [-0.1, -0.05) is 18.2 Å². The van der Waals surface area contributed by atoms with Crippen molar-refractivity contribution in [1.29, 1.82) is 0 Å². The number of aliphatic hydroxyl groups excluding tert-OH is 1. The van der Waals surface area contributed by atoms with Crippen LogP contribution < -0.4 is 5.32 Å². The Morgan fingerprint density at radius 2 is 1.89 bits per heavy atom. The molecule has 4 nitrogen and oxygen atoms in total. The number of aliphatic hydroxyl groups is 1. The number of hydrogen-bond acceptors (Lipinski definition) is 3. The molecule has 0 radical (unpaired) electrons. The molecule has 0 aliphatic rings. The first-order valence-corrected chi connectivity index (χ1v) is 6.10. The summed E-state index contributed by atoms with van der Waals surface area (Å²) in [5, 5.41) is 13.3. The lowest BCUT2D eigenvalue weighted by molar-refractivity contribution is 0.0945. The number of carbonyl (C=O) groups excluding carboxylic acids is 1. The molecule has 3 aromatic rings. The van der Waals surface area contributed by atoms with Crippen LogP contribution in [0.5, 0.6) is 0 Å². The van der Waals surface area contributed by atoms with Gasteiger partial charge in [0, 0.05) is 22.9 Å². The number of furan rings is 1. The maximum atomic E-state index is 11.9. The van der Waals surface area contributed by atoms with Gasteiger partial charge in [0.1, 0.15) is 11.2 Å². The third-order valence-electron chi connectivity index (χ3n) is 3.04. The Labute approximate surface area is 109 Å². The molecule has 0 aliphatic carbocycles. The Morgan fingerprint density at radius 3 is 2.74 bits per heavy atom. The van der Waals surface area contributed by atoms with E-state index in [-0.39, 0.29) is 19.1 Å². The summed E-state index contributed by atoms with van der Waals surface area (Å²) in [5.74, 6) is -0.193. The van der Waals surface area contributed by atoms with E-state index in [4.69, 9.17) is 9.52 Å². The molecule has 0 aliphatic heterocycles. The van der Waals surface area contributed by atoms with Gasteiger partial charge in [0.2, 0.25) is 0 Å². The largest absolute Gasteiger partial charge is 0.456 e. The van der Waals surface area contributed by atoms with Crippen molar-refractivity contribution in [3.05, 3.63) is 48.0 Å². The van der Waals surface area contributed by atoms with E-state index in [1.165, 1.54) is 0 Å². The van der Waals surface area contributed by atoms with Crippen LogP contribution in [0.15, 0.2) is 46.9 Å². The molecule has 0 fully saturated rings. The van der Waals surface area contributed by atoms with Crippen LogP contribution in [0.25, 0.3) is 21.9 Å². The zero-order valence-corrected chi connectivity index (χ0v) is 10.2. The highest BCUT2D eigenvalue weighted by molar-refractivity contribution is 6.08. The Bertz CT molecular complexity index is 745. The van der Waals surface area contributed by atoms with Crippen molar-refractivity contribution in [1.82, 2.24) is 5.32 Å². The summed E-state index contributed by atoms with van der Waals surface area (Å²) in [6.07, 6.45) is 0. The highest BCUT2D eigenvalue weighted by Crippen LogP contribution is 2.28. The van der Waals surface area contributed by atoms with Gasteiger partial charge in [-0.15, -0.1) is 0 Å². The Balaban J connectivity index is 2.09. The summed E-state index contributed by atoms with van der Waals surface area (Å²) < 4.78 is 5.70. The van der Waals surface area contributed by atoms with Gasteiger partial charge in [0.05, 0.1) is 6.61 Å². The second-order valence-corrected chi connectivity index (χ2v) is 4.29. The van der Waals surface area contributed by atoms with Crippen LogP contribution in [-0.4, -0.2) is 24.2 Å². The van der Waals surface area contributed by atoms with E-state index in [1.807, 2.05) is 30.3 Å². The Hall–Kier alpha value is -2.33. The molecular weight excluding hydrogens is 242 g/mol. The zero-order valence-electron chi connectivity index (χ0n) is 10.2. The average molecular weight is 255 g/mol. The summed E-state index contributed by atoms with van der Waals surface area (Å²) in [6, 6.07) is 13.1. The fraction of sp³-hybridized carbons (Fsp3) is 0.133. The lowest BCUT2D eigenvalue weighted by atomic mass is 10.1. The zero-order chi connectivity index (χ0) is 13.2. The molecule has 1 heterocycles. The Kier molecular flexibility index (Phi) is 2.93. The van der Waals surface area contributed by atoms with Crippen molar-refractivity contribution in [2.75, 3.05) is 13.2 Å². The van der Waals surface area contributed by atoms with Crippen LogP contribution in [-0.2, 0) is 0 Å². The van der Waals surface area contributed by atoms with Crippen molar-refractivity contribution < 1.29 is 14.3 Å². The first-order valence-electron chi connectivity index (χ1n) is 6.10. The maximum Gasteiger partial charge on any atom is 0.251 e. The second-order valence-electron chi connectivity index (χ2n) is 4.29. The van der Waals surface area contributed by atoms with E-state index in [9.17, 15) is 4.79 Å². The highest BCUT2D eigenvalue weighted by Gasteiger charge is 2.10. The van der Waals surface area contributed by atoms with Crippen molar-refractivity contribution in [2.45, 2.75) is 0 Å². The maximum absolute atomic E-state index is 11.9. The summed E-state index contributed by atoms with van der Waals surface area (Å²) in [4.78, 5) is 11.9. The summed E-state index contributed by atoms with van der Waals surface area (Å²) >= 11 is 0. The van der Waals surface area contributed by atoms with Crippen LogP contribution in [0.3, 0.4) is 0 Å². The molecule has 4 heteroatoms. The minimum Gasteiger partial charge on any atom is -0.456 e. The number of rotatable bonds is 3. The number of benzene rings is 2. The predicted molar refractivity (Wildman–Crippen MR) is 73.1 cm³/mol. The lowest BCUT2D eigenvalue weighted by Gasteiger charge is -2.02. The van der Waals surface area contributed by atoms with Crippen molar-refractivity contribution >= 4 is 27.8 Å². The van der Waals surface area contributed by atoms with Gasteiger partial charge in [-0.3, -0.25) is 4.79 Å². The topological polar surface area (TPSA) is 62.5 Å². The molecule has 1 amide bonds. The van der Waals surface area contributed by atoms with Crippen LogP contribution in [0.4, 0.5) is 0 Å². The smallest absolute Gasteiger partial charge is 0.251 e. The number of amides is 1. The number of para-hydroxylation sites is 1. The van der Waals surface area contributed by atoms with Gasteiger partial charge in [-0.05, 0) is 24.3 Å². The quantitative estimate of drug-likeness (QED) is 0.755. The van der Waals surface area contributed by atoms with E-state index < -0.39 is 0 Å².